The van der Waals surface area contributed by atoms with E-state index in [-0.39, 0.29) is 28.6 Å². The van der Waals surface area contributed by atoms with Crippen molar-refractivity contribution < 1.29 is 14.4 Å². The largest absolute Gasteiger partial charge is 0.312 e. The summed E-state index contributed by atoms with van der Waals surface area (Å²) in [5.74, 6) is 0.278. The third kappa shape index (κ3) is 4.85. The second-order valence-corrected chi connectivity index (χ2v) is 13.1. The van der Waals surface area contributed by atoms with E-state index in [1.54, 1.807) is 0 Å². The Morgan fingerprint density at radius 1 is 0.526 bits per heavy atom. The highest BCUT2D eigenvalue weighted by Gasteiger charge is 2.34. The van der Waals surface area contributed by atoms with E-state index in [1.165, 1.54) is 11.1 Å². The van der Waals surface area contributed by atoms with Gasteiger partial charge in [-0.05, 0) is 58.9 Å². The van der Waals surface area contributed by atoms with Crippen molar-refractivity contribution in [3.63, 3.8) is 0 Å². The quantitative estimate of drug-likeness (QED) is 0.478. The molecule has 0 spiro atoms. The van der Waals surface area contributed by atoms with Gasteiger partial charge in [0, 0.05) is 44.5 Å². The fraction of sp³-hybridized carbons (Fsp3) is 0.531. The molecule has 0 atom stereocenters. The lowest BCUT2D eigenvalue weighted by Crippen LogP contribution is -2.31. The van der Waals surface area contributed by atoms with Crippen LogP contribution in [0, 0.1) is 0 Å². The molecule has 0 radical (unpaired) electrons. The fourth-order valence-corrected chi connectivity index (χ4v) is 5.81. The monoisotopic (exact) mass is 515 g/mol. The van der Waals surface area contributed by atoms with E-state index in [9.17, 15) is 14.4 Å². The minimum absolute atomic E-state index is 0.0602. The Bertz CT molecular complexity index is 1270. The summed E-state index contributed by atoms with van der Waals surface area (Å²) in [6, 6.07) is 10.9. The Labute approximate surface area is 227 Å². The maximum Gasteiger partial charge on any atom is 0.227 e. The van der Waals surface area contributed by atoms with Crippen molar-refractivity contribution in [2.45, 2.75) is 90.9 Å². The second kappa shape index (κ2) is 9.55. The van der Waals surface area contributed by atoms with Gasteiger partial charge in [-0.2, -0.15) is 0 Å². The molecule has 2 aromatic rings. The summed E-state index contributed by atoms with van der Waals surface area (Å²) >= 11 is 0. The Balaban J connectivity index is 1.80. The summed E-state index contributed by atoms with van der Waals surface area (Å²) in [7, 11) is 0. The smallest absolute Gasteiger partial charge is 0.227 e. The van der Waals surface area contributed by atoms with E-state index in [4.69, 9.17) is 0 Å². The molecule has 0 bridgehead atoms. The van der Waals surface area contributed by atoms with Crippen molar-refractivity contribution in [1.82, 2.24) is 0 Å². The first-order valence-corrected chi connectivity index (χ1v) is 14.1. The normalized spacial score (nSPS) is 18.9. The summed E-state index contributed by atoms with van der Waals surface area (Å²) in [5.41, 5.74) is 6.71. The molecular formula is C32H41N3O3. The zero-order valence-corrected chi connectivity index (χ0v) is 23.8. The molecule has 2 aromatic carbocycles. The van der Waals surface area contributed by atoms with Gasteiger partial charge in [-0.15, -0.1) is 0 Å². The lowest BCUT2D eigenvalue weighted by atomic mass is 9.78. The van der Waals surface area contributed by atoms with Crippen molar-refractivity contribution in [1.29, 1.82) is 0 Å². The minimum Gasteiger partial charge on any atom is -0.312 e. The Morgan fingerprint density at radius 2 is 0.921 bits per heavy atom. The van der Waals surface area contributed by atoms with Crippen molar-refractivity contribution in [3.05, 3.63) is 41.5 Å². The summed E-state index contributed by atoms with van der Waals surface area (Å²) in [6.07, 6.45) is 3.98. The molecule has 3 aliphatic heterocycles. The van der Waals surface area contributed by atoms with E-state index >= 15 is 0 Å². The van der Waals surface area contributed by atoms with Gasteiger partial charge in [-0.3, -0.25) is 14.4 Å². The number of anilines is 3. The van der Waals surface area contributed by atoms with Gasteiger partial charge < -0.3 is 14.7 Å². The molecule has 0 saturated carbocycles. The first-order chi connectivity index (χ1) is 17.8. The lowest BCUT2D eigenvalue weighted by Gasteiger charge is -2.31. The Hall–Kier alpha value is -3.15. The average Bonchev–Trinajstić information content (AvgIpc) is 3.58. The second-order valence-electron chi connectivity index (χ2n) is 13.1. The predicted molar refractivity (Wildman–Crippen MR) is 154 cm³/mol. The Kier molecular flexibility index (Phi) is 6.65. The molecule has 0 N–H and O–H groups in total. The standard InChI is InChI=1S/C32H41N3O3/c1-31(2,3)22-16-21(17-23(18-22)32(4,5)6)24-19-26(34-14-8-11-29(34)37)27(35-15-9-12-30(35)38)20-25(24)33-13-7-10-28(33)36/h16-20H,7-15H2,1-6H3. The zero-order chi connectivity index (χ0) is 27.4. The molecule has 0 aliphatic carbocycles. The molecule has 3 fully saturated rings. The summed E-state index contributed by atoms with van der Waals surface area (Å²) in [4.78, 5) is 44.6. The van der Waals surface area contributed by atoms with Crippen LogP contribution in [-0.2, 0) is 25.2 Å². The van der Waals surface area contributed by atoms with Crippen molar-refractivity contribution >= 4 is 34.8 Å². The van der Waals surface area contributed by atoms with E-state index in [0.29, 0.717) is 38.9 Å². The molecule has 3 amide bonds. The van der Waals surface area contributed by atoms with Crippen molar-refractivity contribution in [2.75, 3.05) is 34.3 Å². The van der Waals surface area contributed by atoms with Crippen LogP contribution in [-0.4, -0.2) is 37.4 Å². The maximum atomic E-state index is 13.1. The van der Waals surface area contributed by atoms with Gasteiger partial charge in [0.1, 0.15) is 0 Å². The molecule has 6 nitrogen and oxygen atoms in total. The van der Waals surface area contributed by atoms with Crippen LogP contribution in [0.4, 0.5) is 17.1 Å². The van der Waals surface area contributed by atoms with Crippen molar-refractivity contribution in [3.8, 4) is 11.1 Å². The predicted octanol–water partition coefficient (Wildman–Crippen LogP) is 6.33. The van der Waals surface area contributed by atoms with Crippen LogP contribution in [0.1, 0.15) is 91.2 Å². The summed E-state index contributed by atoms with van der Waals surface area (Å²) in [5, 5.41) is 0. The number of hydrogen-bond donors (Lipinski definition) is 0. The van der Waals surface area contributed by atoms with Crippen LogP contribution in [0.25, 0.3) is 11.1 Å². The molecule has 0 unspecified atom stereocenters. The van der Waals surface area contributed by atoms with Crippen LogP contribution in [0.15, 0.2) is 30.3 Å². The first kappa shape index (κ1) is 26.5. The third-order valence-electron chi connectivity index (χ3n) is 8.16. The number of carbonyl (C=O) groups is 3. The third-order valence-corrected chi connectivity index (χ3v) is 8.16. The number of amides is 3. The molecule has 38 heavy (non-hydrogen) atoms. The van der Waals surface area contributed by atoms with Gasteiger partial charge in [0.25, 0.3) is 0 Å². The summed E-state index contributed by atoms with van der Waals surface area (Å²) in [6.45, 7) is 15.3. The fourth-order valence-electron chi connectivity index (χ4n) is 5.81. The van der Waals surface area contributed by atoms with Gasteiger partial charge in [0.05, 0.1) is 17.1 Å². The number of nitrogens with zero attached hydrogens (tertiary/aromatic N) is 3. The van der Waals surface area contributed by atoms with Crippen molar-refractivity contribution in [2.24, 2.45) is 0 Å². The van der Waals surface area contributed by atoms with Gasteiger partial charge >= 0.3 is 0 Å². The minimum atomic E-state index is -0.0602. The molecular weight excluding hydrogens is 474 g/mol. The number of hydrogen-bond acceptors (Lipinski definition) is 3. The highest BCUT2D eigenvalue weighted by Crippen LogP contribution is 2.46. The molecule has 3 saturated heterocycles. The first-order valence-electron chi connectivity index (χ1n) is 14.1. The topological polar surface area (TPSA) is 60.9 Å². The van der Waals surface area contributed by atoms with Crippen LogP contribution in [0.5, 0.6) is 0 Å². The van der Waals surface area contributed by atoms with E-state index in [2.05, 4.69) is 65.8 Å². The highest BCUT2D eigenvalue weighted by atomic mass is 16.2. The Morgan fingerprint density at radius 3 is 1.29 bits per heavy atom. The number of carbonyl (C=O) groups excluding carboxylic acids is 3. The van der Waals surface area contributed by atoms with Crippen LogP contribution >= 0.6 is 0 Å². The maximum absolute atomic E-state index is 13.1. The molecule has 6 heteroatoms. The van der Waals surface area contributed by atoms with Crippen LogP contribution < -0.4 is 14.7 Å². The summed E-state index contributed by atoms with van der Waals surface area (Å²) < 4.78 is 0. The van der Waals surface area contributed by atoms with E-state index < -0.39 is 0 Å². The average molecular weight is 516 g/mol. The molecule has 3 heterocycles. The zero-order valence-electron chi connectivity index (χ0n) is 23.8. The molecule has 0 aromatic heterocycles. The number of benzene rings is 2. The number of rotatable bonds is 4. The van der Waals surface area contributed by atoms with E-state index in [0.717, 1.165) is 47.5 Å². The van der Waals surface area contributed by atoms with Crippen LogP contribution in [0.3, 0.4) is 0 Å². The van der Waals surface area contributed by atoms with Crippen LogP contribution in [0.2, 0.25) is 0 Å². The molecule has 3 aliphatic rings. The van der Waals surface area contributed by atoms with E-state index in [1.807, 2.05) is 20.8 Å². The molecule has 202 valence electrons. The highest BCUT2D eigenvalue weighted by molar-refractivity contribution is 6.08. The van der Waals surface area contributed by atoms with Gasteiger partial charge in [-0.1, -0.05) is 59.7 Å². The van der Waals surface area contributed by atoms with Gasteiger partial charge in [0.2, 0.25) is 17.7 Å². The lowest BCUT2D eigenvalue weighted by molar-refractivity contribution is -0.118. The molecule has 5 rings (SSSR count). The van der Waals surface area contributed by atoms with Gasteiger partial charge in [0.15, 0.2) is 0 Å². The SMILES string of the molecule is CC(C)(C)c1cc(-c2cc(N3CCCC3=O)c(N3CCCC3=O)cc2N2CCCC2=O)cc(C(C)(C)C)c1. The van der Waals surface area contributed by atoms with Gasteiger partial charge in [-0.25, -0.2) is 0 Å².